The first-order valence-electron chi connectivity index (χ1n) is 6.77. The molecule has 1 saturated heterocycles. The van der Waals surface area contributed by atoms with Crippen LogP contribution in [0.15, 0.2) is 42.9 Å². The second-order valence-corrected chi connectivity index (χ2v) is 4.86. The average molecular weight is 256 g/mol. The molecule has 3 rings (SSSR count). The Morgan fingerprint density at radius 2 is 1.84 bits per heavy atom. The Morgan fingerprint density at radius 1 is 1.05 bits per heavy atom. The molecule has 4 nitrogen and oxygen atoms in total. The van der Waals surface area contributed by atoms with Crippen molar-refractivity contribution < 1.29 is 10.1 Å². The summed E-state index contributed by atoms with van der Waals surface area (Å²) in [6, 6.07) is 8.37. The highest BCUT2D eigenvalue weighted by Gasteiger charge is 2.17. The number of ether oxygens (including phenoxy) is 1. The third-order valence-electron chi connectivity index (χ3n) is 3.55. The summed E-state index contributed by atoms with van der Waals surface area (Å²) >= 11 is 0. The first kappa shape index (κ1) is 12.1. The minimum absolute atomic E-state index is 0.530. The predicted molar refractivity (Wildman–Crippen MR) is 72.2 cm³/mol. The summed E-state index contributed by atoms with van der Waals surface area (Å²) in [6.07, 6.45) is 7.41. The van der Waals surface area contributed by atoms with Crippen LogP contribution < -0.4 is 10.1 Å². The Kier molecular flexibility index (Phi) is 3.70. The fourth-order valence-corrected chi connectivity index (χ4v) is 2.53. The Hall–Kier alpha value is -1.94. The molecule has 2 aromatic rings. The standard InChI is InChI=1S/C15H17N3O/c1-3-14(19-15-11-17-9-10-18-15)4-2-12(1)13-5-7-16-8-6-13/h1-4,9-11,13,16H,5-8H2/p+1. The van der Waals surface area contributed by atoms with E-state index in [1.165, 1.54) is 31.5 Å². The molecule has 1 aromatic carbocycles. The number of benzene rings is 1. The zero-order chi connectivity index (χ0) is 12.9. The molecule has 1 fully saturated rings. The van der Waals surface area contributed by atoms with Crippen molar-refractivity contribution in [1.29, 1.82) is 0 Å². The van der Waals surface area contributed by atoms with Crippen LogP contribution in [0.2, 0.25) is 0 Å². The lowest BCUT2D eigenvalue weighted by molar-refractivity contribution is -0.663. The number of aromatic nitrogens is 2. The first-order chi connectivity index (χ1) is 9.42. The van der Waals surface area contributed by atoms with Gasteiger partial charge in [0.1, 0.15) is 5.75 Å². The number of nitrogens with two attached hydrogens (primary N) is 1. The van der Waals surface area contributed by atoms with Crippen LogP contribution in [0, 0.1) is 0 Å². The van der Waals surface area contributed by atoms with Gasteiger partial charge in [0.2, 0.25) is 5.88 Å². The maximum Gasteiger partial charge on any atom is 0.237 e. The first-order valence-corrected chi connectivity index (χ1v) is 6.77. The molecule has 4 heteroatoms. The van der Waals surface area contributed by atoms with E-state index in [0.29, 0.717) is 11.8 Å². The number of piperidine rings is 1. The summed E-state index contributed by atoms with van der Waals surface area (Å²) in [5.41, 5.74) is 1.42. The van der Waals surface area contributed by atoms with Crippen LogP contribution in [-0.2, 0) is 0 Å². The van der Waals surface area contributed by atoms with Gasteiger partial charge in [0, 0.05) is 25.2 Å². The number of nitrogens with zero attached hydrogens (tertiary/aromatic N) is 2. The molecule has 1 aliphatic rings. The maximum absolute atomic E-state index is 5.64. The number of quaternary nitrogens is 1. The van der Waals surface area contributed by atoms with Crippen LogP contribution in [-0.4, -0.2) is 23.1 Å². The van der Waals surface area contributed by atoms with Gasteiger partial charge in [-0.05, 0) is 23.6 Å². The second-order valence-electron chi connectivity index (χ2n) is 4.86. The summed E-state index contributed by atoms with van der Waals surface area (Å²) in [7, 11) is 0. The lowest BCUT2D eigenvalue weighted by Crippen LogP contribution is -2.86. The molecule has 0 radical (unpaired) electrons. The average Bonchev–Trinajstić information content (AvgIpc) is 2.50. The smallest absolute Gasteiger partial charge is 0.237 e. The van der Waals surface area contributed by atoms with Gasteiger partial charge in [-0.3, -0.25) is 4.98 Å². The van der Waals surface area contributed by atoms with Gasteiger partial charge in [-0.25, -0.2) is 4.98 Å². The fourth-order valence-electron chi connectivity index (χ4n) is 2.53. The van der Waals surface area contributed by atoms with E-state index in [1.807, 2.05) is 12.1 Å². The number of hydrogen-bond acceptors (Lipinski definition) is 3. The molecule has 98 valence electrons. The zero-order valence-corrected chi connectivity index (χ0v) is 10.8. The van der Waals surface area contributed by atoms with E-state index in [4.69, 9.17) is 4.74 Å². The minimum Gasteiger partial charge on any atom is -0.438 e. The van der Waals surface area contributed by atoms with Crippen LogP contribution in [0.4, 0.5) is 0 Å². The molecule has 0 unspecified atom stereocenters. The lowest BCUT2D eigenvalue weighted by Gasteiger charge is -2.20. The largest absolute Gasteiger partial charge is 0.438 e. The lowest BCUT2D eigenvalue weighted by atomic mass is 9.90. The third kappa shape index (κ3) is 3.09. The van der Waals surface area contributed by atoms with Crippen LogP contribution in [0.1, 0.15) is 24.3 Å². The van der Waals surface area contributed by atoms with Gasteiger partial charge in [-0.15, -0.1) is 0 Å². The summed E-state index contributed by atoms with van der Waals surface area (Å²) in [6.45, 7) is 2.48. The molecular weight excluding hydrogens is 238 g/mol. The van der Waals surface area contributed by atoms with Gasteiger partial charge < -0.3 is 10.1 Å². The van der Waals surface area contributed by atoms with Crippen molar-refractivity contribution in [3.8, 4) is 11.6 Å². The van der Waals surface area contributed by atoms with Gasteiger partial charge in [0.25, 0.3) is 0 Å². The minimum atomic E-state index is 0.530. The monoisotopic (exact) mass is 256 g/mol. The molecule has 0 atom stereocenters. The highest BCUT2D eigenvalue weighted by atomic mass is 16.5. The molecule has 2 N–H and O–H groups in total. The van der Waals surface area contributed by atoms with Crippen LogP contribution in [0.5, 0.6) is 11.6 Å². The molecule has 19 heavy (non-hydrogen) atoms. The zero-order valence-electron chi connectivity index (χ0n) is 10.8. The van der Waals surface area contributed by atoms with Gasteiger partial charge in [0.05, 0.1) is 19.3 Å². The maximum atomic E-state index is 5.64. The summed E-state index contributed by atoms with van der Waals surface area (Å²) in [5.74, 6) is 2.05. The molecule has 1 aliphatic heterocycles. The Bertz CT molecular complexity index is 507. The predicted octanol–water partition coefficient (Wildman–Crippen LogP) is 1.71. The van der Waals surface area contributed by atoms with Gasteiger partial charge in [-0.2, -0.15) is 0 Å². The Labute approximate surface area is 112 Å². The molecular formula is C15H18N3O+. The number of hydrogen-bond donors (Lipinski definition) is 1. The summed E-state index contributed by atoms with van der Waals surface area (Å²) < 4.78 is 5.64. The van der Waals surface area contributed by atoms with Crippen molar-refractivity contribution in [2.75, 3.05) is 13.1 Å². The Morgan fingerprint density at radius 3 is 2.53 bits per heavy atom. The topological polar surface area (TPSA) is 51.6 Å². The van der Waals surface area contributed by atoms with E-state index in [2.05, 4.69) is 27.4 Å². The highest BCUT2D eigenvalue weighted by Crippen LogP contribution is 2.26. The third-order valence-corrected chi connectivity index (χ3v) is 3.55. The SMILES string of the molecule is c1cnc(Oc2ccc(C3CC[NH2+]CC3)cc2)cn1. The fraction of sp³-hybridized carbons (Fsp3) is 0.333. The van der Waals surface area contributed by atoms with Crippen LogP contribution >= 0.6 is 0 Å². The highest BCUT2D eigenvalue weighted by molar-refractivity contribution is 5.31. The van der Waals surface area contributed by atoms with E-state index in [1.54, 1.807) is 18.6 Å². The van der Waals surface area contributed by atoms with E-state index >= 15 is 0 Å². The Balaban J connectivity index is 1.68. The van der Waals surface area contributed by atoms with E-state index < -0.39 is 0 Å². The van der Waals surface area contributed by atoms with Gasteiger partial charge >= 0.3 is 0 Å². The second kappa shape index (κ2) is 5.80. The van der Waals surface area contributed by atoms with Crippen LogP contribution in [0.3, 0.4) is 0 Å². The van der Waals surface area contributed by atoms with Crippen molar-refractivity contribution in [1.82, 2.24) is 9.97 Å². The number of rotatable bonds is 3. The van der Waals surface area contributed by atoms with Crippen molar-refractivity contribution in [3.05, 3.63) is 48.4 Å². The van der Waals surface area contributed by atoms with E-state index in [-0.39, 0.29) is 0 Å². The summed E-state index contributed by atoms with van der Waals surface area (Å²) in [5, 5.41) is 2.39. The molecule has 0 saturated carbocycles. The summed E-state index contributed by atoms with van der Waals surface area (Å²) in [4.78, 5) is 8.08. The van der Waals surface area contributed by atoms with Crippen molar-refractivity contribution in [2.24, 2.45) is 0 Å². The van der Waals surface area contributed by atoms with Gasteiger partial charge in [0.15, 0.2) is 0 Å². The van der Waals surface area contributed by atoms with Crippen molar-refractivity contribution in [3.63, 3.8) is 0 Å². The molecule has 1 aromatic heterocycles. The van der Waals surface area contributed by atoms with Crippen molar-refractivity contribution in [2.45, 2.75) is 18.8 Å². The van der Waals surface area contributed by atoms with Crippen LogP contribution in [0.25, 0.3) is 0 Å². The van der Waals surface area contributed by atoms with Crippen molar-refractivity contribution >= 4 is 0 Å². The van der Waals surface area contributed by atoms with E-state index in [9.17, 15) is 0 Å². The quantitative estimate of drug-likeness (QED) is 0.909. The molecule has 0 bridgehead atoms. The molecule has 0 aliphatic carbocycles. The normalized spacial score (nSPS) is 16.2. The molecule has 0 amide bonds. The van der Waals surface area contributed by atoms with E-state index in [0.717, 1.165) is 5.75 Å². The van der Waals surface area contributed by atoms with Gasteiger partial charge in [-0.1, -0.05) is 12.1 Å². The molecule has 2 heterocycles. The molecule has 0 spiro atoms.